The van der Waals surface area contributed by atoms with Crippen molar-refractivity contribution < 1.29 is 40.9 Å². The van der Waals surface area contributed by atoms with Crippen LogP contribution in [0.5, 0.6) is 0 Å². The molecular formula is C16H30O4Ti. The van der Waals surface area contributed by atoms with E-state index in [0.717, 1.165) is 0 Å². The molecule has 0 heterocycles. The molecule has 0 saturated carbocycles. The Labute approximate surface area is 145 Å². The van der Waals surface area contributed by atoms with Crippen LogP contribution in [0.2, 0.25) is 0 Å². The molecule has 0 saturated heterocycles. The fourth-order valence-electron chi connectivity index (χ4n) is 0.701. The molecule has 0 aliphatic rings. The number of rotatable bonds is 4. The van der Waals surface area contributed by atoms with Crippen molar-refractivity contribution in [3.63, 3.8) is 0 Å². The first-order valence-corrected chi connectivity index (χ1v) is 6.54. The maximum absolute atomic E-state index is 10.0. The molecule has 122 valence electrons. The van der Waals surface area contributed by atoms with E-state index in [1.54, 1.807) is 0 Å². The summed E-state index contributed by atoms with van der Waals surface area (Å²) in [7, 11) is 0. The second-order valence-corrected chi connectivity index (χ2v) is 4.32. The first-order valence-electron chi connectivity index (χ1n) is 6.54. The third kappa shape index (κ3) is 107. The molecule has 0 bridgehead atoms. The third-order valence-corrected chi connectivity index (χ3v) is 0.996. The van der Waals surface area contributed by atoms with Gasteiger partial charge >= 0.3 is 21.7 Å². The van der Waals surface area contributed by atoms with Crippen molar-refractivity contribution in [2.75, 3.05) is 0 Å². The van der Waals surface area contributed by atoms with Crippen LogP contribution in [-0.2, 0) is 40.9 Å². The van der Waals surface area contributed by atoms with E-state index in [2.05, 4.69) is 0 Å². The summed E-state index contributed by atoms with van der Waals surface area (Å²) in [5, 5.41) is 0. The summed E-state index contributed by atoms with van der Waals surface area (Å²) in [5.41, 5.74) is 0. The Morgan fingerprint density at radius 3 is 0.667 bits per heavy atom. The molecule has 0 aliphatic carbocycles. The van der Waals surface area contributed by atoms with Crippen molar-refractivity contribution in [2.45, 2.75) is 68.2 Å². The molecule has 0 unspecified atom stereocenters. The maximum Gasteiger partial charge on any atom is 2.00 e. The van der Waals surface area contributed by atoms with Crippen molar-refractivity contribution in [3.8, 4) is 0 Å². The molecule has 0 aliphatic heterocycles. The number of carbonyl (C=O) groups is 4. The summed E-state index contributed by atoms with van der Waals surface area (Å²) in [6, 6.07) is 0. The van der Waals surface area contributed by atoms with Crippen LogP contribution in [0.4, 0.5) is 0 Å². The normalized spacial score (nSPS) is 7.24. The molecule has 0 radical (unpaired) electrons. The number of hydrogen-bond acceptors (Lipinski definition) is 4. The van der Waals surface area contributed by atoms with Gasteiger partial charge in [-0.1, -0.05) is 0 Å². The van der Waals surface area contributed by atoms with Crippen molar-refractivity contribution in [3.05, 3.63) is 12.8 Å². The van der Waals surface area contributed by atoms with Gasteiger partial charge in [-0.2, -0.15) is 27.7 Å². The molecule has 0 rings (SSSR count). The summed E-state index contributed by atoms with van der Waals surface area (Å²) < 4.78 is 0. The SMILES string of the molecule is CC(=O)CC(C)=O.CC(=O)CC(C)=O.C[CH-]C.C[CH-]C.[Ti+2]. The zero-order valence-corrected chi connectivity index (χ0v) is 16.3. The van der Waals surface area contributed by atoms with Crippen molar-refractivity contribution in [1.82, 2.24) is 0 Å². The Kier molecular flexibility index (Phi) is 42.7. The Hall–Kier alpha value is -0.606. The fourth-order valence-corrected chi connectivity index (χ4v) is 0.701. The Balaban J connectivity index is -0.0000000576. The maximum atomic E-state index is 10.0. The molecule has 4 nitrogen and oxygen atoms in total. The van der Waals surface area contributed by atoms with Gasteiger partial charge in [0, 0.05) is 0 Å². The van der Waals surface area contributed by atoms with E-state index in [4.69, 9.17) is 0 Å². The second kappa shape index (κ2) is 27.7. The summed E-state index contributed by atoms with van der Waals surface area (Å²) in [4.78, 5) is 40.1. The quantitative estimate of drug-likeness (QED) is 0.448. The van der Waals surface area contributed by atoms with Gasteiger partial charge in [0.1, 0.15) is 23.1 Å². The summed E-state index contributed by atoms with van der Waals surface area (Å²) in [6.07, 6.45) is 4.17. The number of carbonyl (C=O) groups excluding carboxylic acids is 4. The predicted octanol–water partition coefficient (Wildman–Crippen LogP) is 3.57. The molecule has 0 N–H and O–H groups in total. The van der Waals surface area contributed by atoms with Crippen LogP contribution in [0.3, 0.4) is 0 Å². The molecule has 0 aromatic carbocycles. The van der Waals surface area contributed by atoms with Gasteiger partial charge < -0.3 is 12.8 Å². The van der Waals surface area contributed by atoms with Gasteiger partial charge in [0.15, 0.2) is 0 Å². The molecule has 0 aromatic rings. The van der Waals surface area contributed by atoms with Crippen LogP contribution in [0.15, 0.2) is 0 Å². The summed E-state index contributed by atoms with van der Waals surface area (Å²) in [6.45, 7) is 13.6. The van der Waals surface area contributed by atoms with E-state index in [-0.39, 0.29) is 57.7 Å². The topological polar surface area (TPSA) is 68.3 Å². The van der Waals surface area contributed by atoms with Gasteiger partial charge in [0.25, 0.3) is 0 Å². The Bertz CT molecular complexity index is 221. The number of hydrogen-bond donors (Lipinski definition) is 0. The smallest absolute Gasteiger partial charge is 0.335 e. The standard InChI is InChI=1S/2C5H8O2.2C3H7.Ti/c2*1-4(6)3-5(2)7;2*1-3-2;/h2*3H2,1-2H3;2*3H,1-2H3;/q;;2*-1;+2. The van der Waals surface area contributed by atoms with Crippen LogP contribution in [-0.4, -0.2) is 23.1 Å². The molecule has 0 aromatic heterocycles. The largest absolute Gasteiger partial charge is 2.00 e. The second-order valence-electron chi connectivity index (χ2n) is 4.32. The zero-order valence-electron chi connectivity index (χ0n) is 14.7. The molecule has 0 atom stereocenters. The van der Waals surface area contributed by atoms with Gasteiger partial charge in [0.2, 0.25) is 0 Å². The Morgan fingerprint density at radius 1 is 0.571 bits per heavy atom. The van der Waals surface area contributed by atoms with Gasteiger partial charge in [-0.15, -0.1) is 0 Å². The van der Waals surface area contributed by atoms with E-state index in [0.29, 0.717) is 0 Å². The summed E-state index contributed by atoms with van der Waals surface area (Å²) in [5.74, 6) is -0.250. The average Bonchev–Trinajstić information content (AvgIpc) is 2.15. The minimum atomic E-state index is -0.0625. The zero-order chi connectivity index (χ0) is 17.1. The van der Waals surface area contributed by atoms with Crippen LogP contribution in [0.1, 0.15) is 68.2 Å². The predicted molar refractivity (Wildman–Crippen MR) is 83.3 cm³/mol. The summed E-state index contributed by atoms with van der Waals surface area (Å²) >= 11 is 0. The van der Waals surface area contributed by atoms with E-state index < -0.39 is 0 Å². The molecule has 0 amide bonds. The van der Waals surface area contributed by atoms with Crippen LogP contribution in [0, 0.1) is 12.8 Å². The molecule has 21 heavy (non-hydrogen) atoms. The molecule has 0 fully saturated rings. The fraction of sp³-hybridized carbons (Fsp3) is 0.625. The van der Waals surface area contributed by atoms with E-state index in [9.17, 15) is 19.2 Å². The van der Waals surface area contributed by atoms with Gasteiger partial charge in [-0.25, -0.2) is 0 Å². The van der Waals surface area contributed by atoms with Gasteiger partial charge in [-0.05, 0) is 27.7 Å². The average molecular weight is 334 g/mol. The Morgan fingerprint density at radius 2 is 0.667 bits per heavy atom. The van der Waals surface area contributed by atoms with Crippen LogP contribution >= 0.6 is 0 Å². The van der Waals surface area contributed by atoms with Crippen molar-refractivity contribution in [1.29, 1.82) is 0 Å². The van der Waals surface area contributed by atoms with Gasteiger partial charge in [-0.3, -0.25) is 19.2 Å². The third-order valence-electron chi connectivity index (χ3n) is 0.996. The van der Waals surface area contributed by atoms with Crippen molar-refractivity contribution >= 4 is 23.1 Å². The molecular weight excluding hydrogens is 304 g/mol. The van der Waals surface area contributed by atoms with Crippen molar-refractivity contribution in [2.24, 2.45) is 0 Å². The first-order chi connectivity index (χ1) is 9.08. The van der Waals surface area contributed by atoms with Crippen LogP contribution in [0.25, 0.3) is 0 Å². The monoisotopic (exact) mass is 334 g/mol. The van der Waals surface area contributed by atoms with Gasteiger partial charge in [0.05, 0.1) is 12.8 Å². The first kappa shape index (κ1) is 32.4. The minimum absolute atomic E-state index is 0. The van der Waals surface area contributed by atoms with E-state index in [1.165, 1.54) is 27.7 Å². The van der Waals surface area contributed by atoms with E-state index >= 15 is 0 Å². The number of Topliss-reactive ketones (excluding diaryl/α,β-unsaturated/α-hetero) is 4. The van der Waals surface area contributed by atoms with E-state index in [1.807, 2.05) is 40.5 Å². The molecule has 0 spiro atoms. The minimum Gasteiger partial charge on any atom is -0.335 e. The molecule has 5 heteroatoms. The number of ketones is 4. The van der Waals surface area contributed by atoms with Crippen LogP contribution < -0.4 is 0 Å².